The molecule has 2 N–H and O–H groups in total. The molecule has 2 heterocycles. The van der Waals surface area contributed by atoms with Gasteiger partial charge in [0.1, 0.15) is 27.9 Å². The standard InChI is InChI=1S/C29H46N4O5S3/c1-5-6-7-8-9-13-26(36)39-15-11-10-12-21-17-24(35)31-18-25-32-22(19-41-25)28(30-4)40-16-14-23(34)33-27(20(2)3)29(37)38-21/h19-21,27H,5-18H2,1-4H3,(H,31,35)(H,33,34)/b30-28-/t21-,27?/m1/s1. The van der Waals surface area contributed by atoms with Crippen molar-refractivity contribution in [3.05, 3.63) is 16.1 Å². The lowest BCUT2D eigenvalue weighted by Gasteiger charge is -2.24. The van der Waals surface area contributed by atoms with Gasteiger partial charge in [0.05, 0.1) is 13.0 Å². The van der Waals surface area contributed by atoms with Crippen molar-refractivity contribution >= 4 is 62.8 Å². The fraction of sp³-hybridized carbons (Fsp3) is 0.724. The number of cyclic esters (lactones) is 1. The van der Waals surface area contributed by atoms with Crippen LogP contribution in [0.3, 0.4) is 0 Å². The highest BCUT2D eigenvalue weighted by Crippen LogP contribution is 2.20. The van der Waals surface area contributed by atoms with E-state index in [0.29, 0.717) is 30.8 Å². The maximum absolute atomic E-state index is 13.1. The molecule has 2 amide bonds. The first-order valence-electron chi connectivity index (χ1n) is 14.7. The maximum Gasteiger partial charge on any atom is 0.329 e. The number of unbranched alkanes of at least 4 members (excludes halogenated alkanes) is 5. The Balaban J connectivity index is 1.98. The van der Waals surface area contributed by atoms with Gasteiger partial charge in [-0.2, -0.15) is 0 Å². The van der Waals surface area contributed by atoms with Crippen LogP contribution in [-0.2, 0) is 30.5 Å². The van der Waals surface area contributed by atoms with Gasteiger partial charge in [-0.1, -0.05) is 58.2 Å². The van der Waals surface area contributed by atoms with Crippen molar-refractivity contribution in [3.63, 3.8) is 0 Å². The third kappa shape index (κ3) is 14.2. The second-order valence-corrected chi connectivity index (χ2v) is 13.6. The lowest BCUT2D eigenvalue weighted by Crippen LogP contribution is -2.46. The highest BCUT2D eigenvalue weighted by Gasteiger charge is 2.29. The number of aliphatic imine (C=N–C) groups is 1. The van der Waals surface area contributed by atoms with Crippen LogP contribution in [0, 0.1) is 5.92 Å². The van der Waals surface area contributed by atoms with Gasteiger partial charge in [-0.15, -0.1) is 23.1 Å². The molecule has 0 aromatic carbocycles. The minimum atomic E-state index is -0.806. The van der Waals surface area contributed by atoms with Crippen LogP contribution in [0.15, 0.2) is 10.4 Å². The molecule has 230 valence electrons. The molecule has 2 bridgehead atoms. The van der Waals surface area contributed by atoms with Crippen molar-refractivity contribution in [2.75, 3.05) is 18.6 Å². The van der Waals surface area contributed by atoms with Gasteiger partial charge in [0.15, 0.2) is 5.12 Å². The molecule has 0 radical (unpaired) electrons. The number of hydrogen-bond acceptors (Lipinski definition) is 10. The Kier molecular flexibility index (Phi) is 17.3. The van der Waals surface area contributed by atoms with E-state index in [1.807, 2.05) is 19.2 Å². The Labute approximate surface area is 257 Å². The Morgan fingerprint density at radius 3 is 2.66 bits per heavy atom. The van der Waals surface area contributed by atoms with Gasteiger partial charge in [0.25, 0.3) is 0 Å². The van der Waals surface area contributed by atoms with E-state index in [-0.39, 0.29) is 42.2 Å². The Bertz CT molecular complexity index is 1010. The highest BCUT2D eigenvalue weighted by atomic mass is 32.2. The van der Waals surface area contributed by atoms with Crippen molar-refractivity contribution in [1.29, 1.82) is 0 Å². The Morgan fingerprint density at radius 2 is 1.93 bits per heavy atom. The molecule has 0 spiro atoms. The van der Waals surface area contributed by atoms with Crippen LogP contribution in [0.25, 0.3) is 0 Å². The van der Waals surface area contributed by atoms with E-state index in [1.165, 1.54) is 54.1 Å². The van der Waals surface area contributed by atoms with Crippen molar-refractivity contribution in [2.45, 2.75) is 110 Å². The van der Waals surface area contributed by atoms with Crippen molar-refractivity contribution in [3.8, 4) is 0 Å². The quantitative estimate of drug-likeness (QED) is 0.230. The summed E-state index contributed by atoms with van der Waals surface area (Å²) >= 11 is 4.23. The fourth-order valence-corrected chi connectivity index (χ4v) is 6.75. The molecule has 0 saturated carbocycles. The number of hydrogen-bond donors (Lipinski definition) is 2. The molecule has 41 heavy (non-hydrogen) atoms. The van der Waals surface area contributed by atoms with Crippen molar-refractivity contribution < 1.29 is 23.9 Å². The van der Waals surface area contributed by atoms with Crippen LogP contribution < -0.4 is 10.6 Å². The zero-order valence-corrected chi connectivity index (χ0v) is 27.3. The van der Waals surface area contributed by atoms with E-state index >= 15 is 0 Å². The van der Waals surface area contributed by atoms with E-state index in [0.717, 1.165) is 35.0 Å². The summed E-state index contributed by atoms with van der Waals surface area (Å²) in [5, 5.41) is 9.31. The third-order valence-electron chi connectivity index (χ3n) is 6.58. The van der Waals surface area contributed by atoms with E-state index in [2.05, 4.69) is 27.5 Å². The maximum atomic E-state index is 13.1. The third-order valence-corrected chi connectivity index (χ3v) is 9.52. The van der Waals surface area contributed by atoms with Gasteiger partial charge in [0.2, 0.25) is 11.8 Å². The molecule has 0 aliphatic carbocycles. The Morgan fingerprint density at radius 1 is 1.15 bits per heavy atom. The molecule has 1 aromatic heterocycles. The van der Waals surface area contributed by atoms with E-state index in [4.69, 9.17) is 4.74 Å². The predicted molar refractivity (Wildman–Crippen MR) is 169 cm³/mol. The first-order chi connectivity index (χ1) is 19.7. The smallest absolute Gasteiger partial charge is 0.329 e. The fourth-order valence-electron chi connectivity index (χ4n) is 4.23. The lowest BCUT2D eigenvalue weighted by atomic mass is 10.0. The van der Waals surface area contributed by atoms with E-state index in [1.54, 1.807) is 7.05 Å². The van der Waals surface area contributed by atoms with E-state index in [9.17, 15) is 19.2 Å². The van der Waals surface area contributed by atoms with Crippen LogP contribution in [0.1, 0.15) is 102 Å². The molecule has 1 aromatic rings. The number of thiazole rings is 1. The summed E-state index contributed by atoms with van der Waals surface area (Å²) < 4.78 is 5.82. The van der Waals surface area contributed by atoms with Gasteiger partial charge >= 0.3 is 5.97 Å². The molecule has 2 rings (SSSR count). The highest BCUT2D eigenvalue weighted by molar-refractivity contribution is 8.14. The number of nitrogens with zero attached hydrogens (tertiary/aromatic N) is 2. The van der Waals surface area contributed by atoms with Crippen LogP contribution >= 0.6 is 34.9 Å². The number of fused-ring (bicyclic) bond motifs is 2. The van der Waals surface area contributed by atoms with Crippen molar-refractivity contribution in [2.24, 2.45) is 10.9 Å². The van der Waals surface area contributed by atoms with Crippen LogP contribution in [0.4, 0.5) is 0 Å². The van der Waals surface area contributed by atoms with Crippen LogP contribution in [-0.4, -0.2) is 63.6 Å². The number of ether oxygens (including phenoxy) is 1. The zero-order chi connectivity index (χ0) is 30.0. The number of aromatic nitrogens is 1. The Hall–Kier alpha value is -1.92. The summed E-state index contributed by atoms with van der Waals surface area (Å²) in [6, 6.07) is -0.806. The first kappa shape index (κ1) is 35.3. The molecular weight excluding hydrogens is 581 g/mol. The number of rotatable bonds is 12. The minimum absolute atomic E-state index is 0.0179. The predicted octanol–water partition coefficient (Wildman–Crippen LogP) is 5.51. The summed E-state index contributed by atoms with van der Waals surface area (Å²) in [5.74, 6) is 0.00757. The molecular formula is C29H46N4O5S3. The second-order valence-electron chi connectivity index (χ2n) is 10.5. The number of thioether (sulfide) groups is 2. The zero-order valence-electron chi connectivity index (χ0n) is 24.9. The average Bonchev–Trinajstić information content (AvgIpc) is 3.40. The summed E-state index contributed by atoms with van der Waals surface area (Å²) in [5.41, 5.74) is 0.723. The molecule has 1 unspecified atom stereocenters. The number of carbonyl (C=O) groups is 4. The molecule has 0 saturated heterocycles. The van der Waals surface area contributed by atoms with Gasteiger partial charge in [0, 0.05) is 36.8 Å². The van der Waals surface area contributed by atoms with Gasteiger partial charge in [-0.05, 0) is 31.6 Å². The average molecular weight is 627 g/mol. The summed E-state index contributed by atoms with van der Waals surface area (Å²) in [6.07, 6.45) is 7.86. The first-order valence-corrected chi connectivity index (χ1v) is 17.5. The van der Waals surface area contributed by atoms with Crippen LogP contribution in [0.2, 0.25) is 0 Å². The number of esters is 1. The lowest BCUT2D eigenvalue weighted by molar-refractivity contribution is -0.156. The van der Waals surface area contributed by atoms with Gasteiger partial charge < -0.3 is 15.4 Å². The summed E-state index contributed by atoms with van der Waals surface area (Å²) in [7, 11) is 1.68. The monoisotopic (exact) mass is 626 g/mol. The van der Waals surface area contributed by atoms with Gasteiger partial charge in [-0.3, -0.25) is 19.4 Å². The summed E-state index contributed by atoms with van der Waals surface area (Å²) in [6.45, 7) is 6.16. The van der Waals surface area contributed by atoms with Crippen LogP contribution in [0.5, 0.6) is 0 Å². The molecule has 2 atom stereocenters. The normalized spacial score (nSPS) is 20.4. The number of amides is 2. The van der Waals surface area contributed by atoms with E-state index < -0.39 is 18.1 Å². The largest absolute Gasteiger partial charge is 0.460 e. The number of carbonyl (C=O) groups excluding carboxylic acids is 4. The molecule has 12 heteroatoms. The molecule has 1 aliphatic rings. The van der Waals surface area contributed by atoms with Gasteiger partial charge in [-0.25, -0.2) is 9.78 Å². The second kappa shape index (κ2) is 20.1. The molecule has 9 nitrogen and oxygen atoms in total. The molecule has 0 fully saturated rings. The SMILES string of the molecule is CCCCCCCC(=O)SCCCC[C@@H]1CC(=O)NCc2nc(cs2)/C(=N/C)SCCC(=O)NC(C(C)C)C(=O)O1. The van der Waals surface area contributed by atoms with Crippen molar-refractivity contribution in [1.82, 2.24) is 15.6 Å². The number of nitrogens with one attached hydrogen (secondary N) is 2. The minimum Gasteiger partial charge on any atom is -0.460 e. The topological polar surface area (TPSA) is 127 Å². The molecule has 1 aliphatic heterocycles. The summed E-state index contributed by atoms with van der Waals surface area (Å²) in [4.78, 5) is 59.7.